The first-order chi connectivity index (χ1) is 9.54. The topological polar surface area (TPSA) is 69.6 Å². The van der Waals surface area contributed by atoms with Crippen LogP contribution in [-0.2, 0) is 4.79 Å². The smallest absolute Gasteiger partial charge is 0.317 e. The van der Waals surface area contributed by atoms with Gasteiger partial charge in [-0.05, 0) is 39.0 Å². The van der Waals surface area contributed by atoms with E-state index in [9.17, 15) is 9.59 Å². The number of nitrogens with zero attached hydrogens (tertiary/aromatic N) is 1. The number of carbonyl (C=O) groups is 2. The van der Waals surface area contributed by atoms with E-state index in [0.29, 0.717) is 18.9 Å². The van der Waals surface area contributed by atoms with Crippen LogP contribution in [0, 0.1) is 0 Å². The second kappa shape index (κ2) is 8.82. The van der Waals surface area contributed by atoms with Crippen LogP contribution in [0.15, 0.2) is 0 Å². The normalized spacial score (nSPS) is 21.1. The zero-order chi connectivity index (χ0) is 15.0. The summed E-state index contributed by atoms with van der Waals surface area (Å²) in [7, 11) is 0. The highest BCUT2D eigenvalue weighted by Gasteiger charge is 2.24. The molecule has 1 saturated heterocycles. The molecule has 20 heavy (non-hydrogen) atoms. The summed E-state index contributed by atoms with van der Waals surface area (Å²) < 4.78 is 0. The number of nitrogens with one attached hydrogen (secondary N) is 1. The highest BCUT2D eigenvalue weighted by atomic mass is 16.4. The maximum Gasteiger partial charge on any atom is 0.317 e. The number of carboxylic acids is 1. The summed E-state index contributed by atoms with van der Waals surface area (Å²) in [6.07, 6.45) is 7.07. The fraction of sp³-hybridized carbons (Fsp3) is 0.867. The summed E-state index contributed by atoms with van der Waals surface area (Å²) in [6.45, 7) is 4.91. The van der Waals surface area contributed by atoms with E-state index < -0.39 is 5.97 Å². The number of rotatable bonds is 6. The Labute approximate surface area is 121 Å². The predicted molar refractivity (Wildman–Crippen MR) is 78.7 cm³/mol. The van der Waals surface area contributed by atoms with Gasteiger partial charge in [-0.15, -0.1) is 0 Å². The molecule has 2 N–H and O–H groups in total. The van der Waals surface area contributed by atoms with Crippen LogP contribution in [0.5, 0.6) is 0 Å². The summed E-state index contributed by atoms with van der Waals surface area (Å²) in [6, 6.07) is 0.396. The molecule has 0 aromatic heterocycles. The Morgan fingerprint density at radius 2 is 2.10 bits per heavy atom. The van der Waals surface area contributed by atoms with Crippen LogP contribution in [0.2, 0.25) is 0 Å². The van der Waals surface area contributed by atoms with Gasteiger partial charge in [0.15, 0.2) is 0 Å². The van der Waals surface area contributed by atoms with Crippen molar-refractivity contribution < 1.29 is 14.7 Å². The Hall–Kier alpha value is -1.26. The quantitative estimate of drug-likeness (QED) is 0.787. The van der Waals surface area contributed by atoms with Gasteiger partial charge in [0.1, 0.15) is 0 Å². The van der Waals surface area contributed by atoms with Crippen molar-refractivity contribution in [2.24, 2.45) is 0 Å². The molecule has 5 heteroatoms. The lowest BCUT2D eigenvalue weighted by Crippen LogP contribution is -2.48. The van der Waals surface area contributed by atoms with E-state index in [-0.39, 0.29) is 18.5 Å². The molecule has 2 atom stereocenters. The number of aliphatic carboxylic acids is 1. The molecule has 1 aliphatic heterocycles. The Morgan fingerprint density at radius 3 is 2.75 bits per heavy atom. The van der Waals surface area contributed by atoms with Gasteiger partial charge in [-0.25, -0.2) is 4.79 Å². The molecule has 0 aliphatic carbocycles. The van der Waals surface area contributed by atoms with Crippen molar-refractivity contribution in [3.05, 3.63) is 0 Å². The molecule has 2 unspecified atom stereocenters. The van der Waals surface area contributed by atoms with Crippen LogP contribution in [0.4, 0.5) is 4.79 Å². The standard InChI is InChI=1S/C15H28N2O3/c1-3-13-9-5-4-6-11-17(13)15(20)16-12(2)8-7-10-14(18)19/h12-13H,3-11H2,1-2H3,(H,16,20)(H,18,19). The van der Waals surface area contributed by atoms with Gasteiger partial charge in [-0.2, -0.15) is 0 Å². The molecule has 0 bridgehead atoms. The highest BCUT2D eigenvalue weighted by molar-refractivity contribution is 5.75. The Morgan fingerprint density at radius 1 is 1.35 bits per heavy atom. The minimum atomic E-state index is -0.776. The first-order valence-corrected chi connectivity index (χ1v) is 7.83. The number of urea groups is 1. The van der Waals surface area contributed by atoms with Gasteiger partial charge in [0.25, 0.3) is 0 Å². The number of carboxylic acid groups (broad SMARTS) is 1. The average molecular weight is 284 g/mol. The largest absolute Gasteiger partial charge is 0.481 e. The molecule has 1 aliphatic rings. The Kier molecular flexibility index (Phi) is 7.41. The summed E-state index contributed by atoms with van der Waals surface area (Å²) in [4.78, 5) is 24.8. The minimum absolute atomic E-state index is 0.0153. The molecule has 116 valence electrons. The maximum atomic E-state index is 12.3. The molecule has 1 rings (SSSR count). The molecule has 1 heterocycles. The van der Waals surface area contributed by atoms with Crippen LogP contribution in [0.25, 0.3) is 0 Å². The van der Waals surface area contributed by atoms with E-state index in [4.69, 9.17) is 5.11 Å². The van der Waals surface area contributed by atoms with Crippen LogP contribution < -0.4 is 5.32 Å². The Balaban J connectivity index is 2.40. The SMILES string of the molecule is CCC1CCCCCN1C(=O)NC(C)CCCC(=O)O. The molecule has 0 aromatic rings. The van der Waals surface area contributed by atoms with E-state index >= 15 is 0 Å². The van der Waals surface area contributed by atoms with Crippen molar-refractivity contribution in [2.75, 3.05) is 6.54 Å². The van der Waals surface area contributed by atoms with E-state index in [0.717, 1.165) is 25.8 Å². The Bertz CT molecular complexity index is 320. The van der Waals surface area contributed by atoms with Crippen LogP contribution >= 0.6 is 0 Å². The van der Waals surface area contributed by atoms with Crippen molar-refractivity contribution in [1.29, 1.82) is 0 Å². The summed E-state index contributed by atoms with van der Waals surface area (Å²) in [5.41, 5.74) is 0. The number of likely N-dealkylation sites (tertiary alicyclic amines) is 1. The third-order valence-corrected chi connectivity index (χ3v) is 4.01. The molecule has 5 nitrogen and oxygen atoms in total. The maximum absolute atomic E-state index is 12.3. The van der Waals surface area contributed by atoms with E-state index in [2.05, 4.69) is 12.2 Å². The zero-order valence-electron chi connectivity index (χ0n) is 12.7. The van der Waals surface area contributed by atoms with Crippen LogP contribution in [0.1, 0.15) is 65.2 Å². The van der Waals surface area contributed by atoms with Gasteiger partial charge in [-0.1, -0.05) is 19.8 Å². The lowest BCUT2D eigenvalue weighted by Gasteiger charge is -2.30. The van der Waals surface area contributed by atoms with Crippen LogP contribution in [-0.4, -0.2) is 40.6 Å². The third-order valence-electron chi connectivity index (χ3n) is 4.01. The molecule has 0 aromatic carbocycles. The predicted octanol–water partition coefficient (Wildman–Crippen LogP) is 2.99. The van der Waals surface area contributed by atoms with E-state index in [1.807, 2.05) is 11.8 Å². The molecule has 0 saturated carbocycles. The lowest BCUT2D eigenvalue weighted by molar-refractivity contribution is -0.137. The van der Waals surface area contributed by atoms with Gasteiger partial charge < -0.3 is 15.3 Å². The number of hydrogen-bond donors (Lipinski definition) is 2. The van der Waals surface area contributed by atoms with Gasteiger partial charge in [0.05, 0.1) is 0 Å². The van der Waals surface area contributed by atoms with Gasteiger partial charge in [-0.3, -0.25) is 4.79 Å². The van der Waals surface area contributed by atoms with Crippen molar-refractivity contribution in [3.63, 3.8) is 0 Å². The fourth-order valence-corrected chi connectivity index (χ4v) is 2.79. The molecule has 2 amide bonds. The van der Waals surface area contributed by atoms with Gasteiger partial charge in [0.2, 0.25) is 0 Å². The van der Waals surface area contributed by atoms with E-state index in [1.165, 1.54) is 12.8 Å². The summed E-state index contributed by atoms with van der Waals surface area (Å²) in [5.74, 6) is -0.776. The first-order valence-electron chi connectivity index (χ1n) is 7.83. The summed E-state index contributed by atoms with van der Waals surface area (Å²) >= 11 is 0. The van der Waals surface area contributed by atoms with Gasteiger partial charge >= 0.3 is 12.0 Å². The second-order valence-electron chi connectivity index (χ2n) is 5.74. The number of carbonyl (C=O) groups excluding carboxylic acids is 1. The van der Waals surface area contributed by atoms with Crippen molar-refractivity contribution in [1.82, 2.24) is 10.2 Å². The molecule has 0 radical (unpaired) electrons. The van der Waals surface area contributed by atoms with Gasteiger partial charge in [0, 0.05) is 25.0 Å². The molecular weight excluding hydrogens is 256 g/mol. The second-order valence-corrected chi connectivity index (χ2v) is 5.74. The van der Waals surface area contributed by atoms with Crippen LogP contribution in [0.3, 0.4) is 0 Å². The zero-order valence-corrected chi connectivity index (χ0v) is 12.7. The lowest BCUT2D eigenvalue weighted by atomic mass is 10.1. The third kappa shape index (κ3) is 5.80. The van der Waals surface area contributed by atoms with Crippen molar-refractivity contribution in [2.45, 2.75) is 77.3 Å². The minimum Gasteiger partial charge on any atom is -0.481 e. The first kappa shape index (κ1) is 16.8. The van der Waals surface area contributed by atoms with E-state index in [1.54, 1.807) is 0 Å². The highest BCUT2D eigenvalue weighted by Crippen LogP contribution is 2.19. The molecule has 1 fully saturated rings. The number of hydrogen-bond acceptors (Lipinski definition) is 2. The fourth-order valence-electron chi connectivity index (χ4n) is 2.79. The van der Waals surface area contributed by atoms with Crippen molar-refractivity contribution in [3.8, 4) is 0 Å². The number of amides is 2. The molecular formula is C15H28N2O3. The summed E-state index contributed by atoms with van der Waals surface area (Å²) in [5, 5.41) is 11.6. The molecule has 0 spiro atoms. The monoisotopic (exact) mass is 284 g/mol. The van der Waals surface area contributed by atoms with Crippen molar-refractivity contribution >= 4 is 12.0 Å². The average Bonchev–Trinajstić information content (AvgIpc) is 2.62.